The van der Waals surface area contributed by atoms with Crippen molar-refractivity contribution in [1.29, 1.82) is 0 Å². The van der Waals surface area contributed by atoms with E-state index in [1.54, 1.807) is 6.20 Å². The first-order chi connectivity index (χ1) is 10.1. The molecule has 0 aliphatic carbocycles. The van der Waals surface area contributed by atoms with Crippen LogP contribution >= 0.6 is 39.1 Å². The Kier molecular flexibility index (Phi) is 4.34. The molecule has 1 aromatic heterocycles. The first-order valence-corrected chi connectivity index (χ1v) is 7.91. The van der Waals surface area contributed by atoms with E-state index in [4.69, 9.17) is 23.2 Å². The Bertz CT molecular complexity index is 805. The van der Waals surface area contributed by atoms with E-state index < -0.39 is 0 Å². The van der Waals surface area contributed by atoms with Gasteiger partial charge in [0.25, 0.3) is 0 Å². The second kappa shape index (κ2) is 6.22. The molecule has 0 aliphatic rings. The van der Waals surface area contributed by atoms with Crippen molar-refractivity contribution in [3.05, 3.63) is 68.7 Å². The third kappa shape index (κ3) is 3.15. The van der Waals surface area contributed by atoms with Crippen molar-refractivity contribution in [2.75, 3.05) is 5.32 Å². The van der Waals surface area contributed by atoms with Crippen LogP contribution in [0.15, 0.2) is 53.1 Å². The van der Waals surface area contributed by atoms with Crippen molar-refractivity contribution >= 4 is 55.7 Å². The number of anilines is 1. The topological polar surface area (TPSA) is 24.9 Å². The minimum atomic E-state index is 0.684. The van der Waals surface area contributed by atoms with Crippen LogP contribution in [-0.4, -0.2) is 4.98 Å². The fourth-order valence-corrected chi connectivity index (χ4v) is 2.89. The average Bonchev–Trinajstić information content (AvgIpc) is 2.50. The van der Waals surface area contributed by atoms with Gasteiger partial charge in [-0.1, -0.05) is 29.3 Å². The van der Waals surface area contributed by atoms with Gasteiger partial charge >= 0.3 is 0 Å². The number of pyridine rings is 1. The molecule has 5 heteroatoms. The summed E-state index contributed by atoms with van der Waals surface area (Å²) in [5, 5.41) is 5.75. The van der Waals surface area contributed by atoms with Crippen molar-refractivity contribution < 1.29 is 0 Å². The zero-order valence-electron chi connectivity index (χ0n) is 10.9. The second-order valence-electron chi connectivity index (χ2n) is 4.60. The lowest BCUT2D eigenvalue weighted by Crippen LogP contribution is -2.00. The van der Waals surface area contributed by atoms with Crippen LogP contribution in [-0.2, 0) is 6.54 Å². The van der Waals surface area contributed by atoms with Gasteiger partial charge in [0.1, 0.15) is 0 Å². The van der Waals surface area contributed by atoms with Crippen LogP contribution in [0.5, 0.6) is 0 Å². The summed E-state index contributed by atoms with van der Waals surface area (Å²) in [5.41, 5.74) is 2.96. The Morgan fingerprint density at radius 3 is 2.67 bits per heavy atom. The van der Waals surface area contributed by atoms with Gasteiger partial charge in [0.05, 0.1) is 21.2 Å². The van der Waals surface area contributed by atoms with E-state index in [2.05, 4.69) is 26.2 Å². The summed E-state index contributed by atoms with van der Waals surface area (Å²) in [4.78, 5) is 4.41. The van der Waals surface area contributed by atoms with E-state index in [0.717, 1.165) is 26.6 Å². The van der Waals surface area contributed by atoms with Crippen molar-refractivity contribution in [3.63, 3.8) is 0 Å². The SMILES string of the molecule is Clc1ccc(CNc2ccc(Cl)c3cccnc23)cc1Br. The van der Waals surface area contributed by atoms with Gasteiger partial charge in [-0.15, -0.1) is 0 Å². The number of nitrogens with zero attached hydrogens (tertiary/aromatic N) is 1. The summed E-state index contributed by atoms with van der Waals surface area (Å²) in [5.74, 6) is 0. The maximum Gasteiger partial charge on any atom is 0.0948 e. The first kappa shape index (κ1) is 14.6. The molecule has 0 saturated heterocycles. The number of rotatable bonds is 3. The number of benzene rings is 2. The minimum Gasteiger partial charge on any atom is -0.379 e. The molecule has 0 fully saturated rings. The monoisotopic (exact) mass is 380 g/mol. The van der Waals surface area contributed by atoms with E-state index >= 15 is 0 Å². The van der Waals surface area contributed by atoms with Crippen LogP contribution in [0.4, 0.5) is 5.69 Å². The molecule has 21 heavy (non-hydrogen) atoms. The second-order valence-corrected chi connectivity index (χ2v) is 6.27. The zero-order chi connectivity index (χ0) is 14.8. The molecule has 0 atom stereocenters. The number of hydrogen-bond acceptors (Lipinski definition) is 2. The highest BCUT2D eigenvalue weighted by Gasteiger charge is 2.06. The average molecular weight is 382 g/mol. The van der Waals surface area contributed by atoms with Gasteiger partial charge in [-0.05, 0) is 57.9 Å². The van der Waals surface area contributed by atoms with Crippen LogP contribution in [0.1, 0.15) is 5.56 Å². The van der Waals surface area contributed by atoms with E-state index in [0.29, 0.717) is 16.6 Å². The molecule has 0 radical (unpaired) electrons. The molecule has 2 nitrogen and oxygen atoms in total. The van der Waals surface area contributed by atoms with Crippen LogP contribution in [0.25, 0.3) is 10.9 Å². The smallest absolute Gasteiger partial charge is 0.0948 e. The van der Waals surface area contributed by atoms with Crippen molar-refractivity contribution in [3.8, 4) is 0 Å². The summed E-state index contributed by atoms with van der Waals surface area (Å²) in [6, 6.07) is 13.5. The van der Waals surface area contributed by atoms with Crippen molar-refractivity contribution in [2.24, 2.45) is 0 Å². The summed E-state index contributed by atoms with van der Waals surface area (Å²) in [6.45, 7) is 0.684. The van der Waals surface area contributed by atoms with E-state index in [9.17, 15) is 0 Å². The van der Waals surface area contributed by atoms with E-state index in [1.807, 2.05) is 42.5 Å². The predicted octanol–water partition coefficient (Wildman–Crippen LogP) is 5.92. The Hall–Kier alpha value is -1.29. The molecule has 3 aromatic rings. The van der Waals surface area contributed by atoms with Crippen LogP contribution in [0.3, 0.4) is 0 Å². The number of fused-ring (bicyclic) bond motifs is 1. The lowest BCUT2D eigenvalue weighted by Gasteiger charge is -2.10. The third-order valence-electron chi connectivity index (χ3n) is 3.18. The van der Waals surface area contributed by atoms with Gasteiger partial charge in [0.2, 0.25) is 0 Å². The van der Waals surface area contributed by atoms with Gasteiger partial charge in [-0.2, -0.15) is 0 Å². The van der Waals surface area contributed by atoms with Crippen LogP contribution in [0, 0.1) is 0 Å². The van der Waals surface area contributed by atoms with Gasteiger partial charge < -0.3 is 5.32 Å². The highest BCUT2D eigenvalue weighted by molar-refractivity contribution is 9.10. The standard InChI is InChI=1S/C16H11BrCl2N2/c17-12-8-10(3-4-14(12)19)9-21-15-6-5-13(18)11-2-1-7-20-16(11)15/h1-8,21H,9H2. The quantitative estimate of drug-likeness (QED) is 0.609. The summed E-state index contributed by atoms with van der Waals surface area (Å²) in [7, 11) is 0. The molecule has 0 aliphatic heterocycles. The Morgan fingerprint density at radius 2 is 1.86 bits per heavy atom. The molecular formula is C16H11BrCl2N2. The molecule has 3 rings (SSSR count). The molecule has 1 heterocycles. The summed E-state index contributed by atoms with van der Waals surface area (Å²) >= 11 is 15.6. The molecule has 0 saturated carbocycles. The van der Waals surface area contributed by atoms with E-state index in [1.165, 1.54) is 0 Å². The van der Waals surface area contributed by atoms with Gasteiger partial charge in [-0.3, -0.25) is 4.98 Å². The molecule has 1 N–H and O–H groups in total. The Balaban J connectivity index is 1.88. The number of nitrogens with one attached hydrogen (secondary N) is 1. The largest absolute Gasteiger partial charge is 0.379 e. The third-order valence-corrected chi connectivity index (χ3v) is 4.73. The number of aromatic nitrogens is 1. The van der Waals surface area contributed by atoms with Crippen molar-refractivity contribution in [2.45, 2.75) is 6.54 Å². The first-order valence-electron chi connectivity index (χ1n) is 6.36. The molecular weight excluding hydrogens is 371 g/mol. The number of hydrogen-bond donors (Lipinski definition) is 1. The highest BCUT2D eigenvalue weighted by Crippen LogP contribution is 2.29. The molecule has 0 bridgehead atoms. The predicted molar refractivity (Wildman–Crippen MR) is 93.2 cm³/mol. The minimum absolute atomic E-state index is 0.684. The zero-order valence-corrected chi connectivity index (χ0v) is 14.0. The van der Waals surface area contributed by atoms with Gasteiger partial charge in [0.15, 0.2) is 0 Å². The Labute approximate surface area is 141 Å². The fraction of sp³-hybridized carbons (Fsp3) is 0.0625. The number of halogens is 3. The van der Waals surface area contributed by atoms with Crippen molar-refractivity contribution in [1.82, 2.24) is 4.98 Å². The van der Waals surface area contributed by atoms with Crippen LogP contribution in [0.2, 0.25) is 10.0 Å². The highest BCUT2D eigenvalue weighted by atomic mass is 79.9. The van der Waals surface area contributed by atoms with Crippen LogP contribution < -0.4 is 5.32 Å². The lowest BCUT2D eigenvalue weighted by atomic mass is 10.1. The van der Waals surface area contributed by atoms with E-state index in [-0.39, 0.29) is 0 Å². The molecule has 0 unspecified atom stereocenters. The maximum absolute atomic E-state index is 6.20. The molecule has 0 amide bonds. The fourth-order valence-electron chi connectivity index (χ4n) is 2.13. The normalized spacial score (nSPS) is 10.8. The molecule has 2 aromatic carbocycles. The maximum atomic E-state index is 6.20. The Morgan fingerprint density at radius 1 is 1.05 bits per heavy atom. The summed E-state index contributed by atoms with van der Waals surface area (Å²) in [6.07, 6.45) is 1.77. The lowest BCUT2D eigenvalue weighted by molar-refractivity contribution is 1.15. The summed E-state index contributed by atoms with van der Waals surface area (Å²) < 4.78 is 0.891. The van der Waals surface area contributed by atoms with Gasteiger partial charge in [0, 0.05) is 22.6 Å². The van der Waals surface area contributed by atoms with Gasteiger partial charge in [-0.25, -0.2) is 0 Å². The molecule has 0 spiro atoms. The molecule has 106 valence electrons.